The number of anilines is 1. The van der Waals surface area contributed by atoms with Crippen molar-refractivity contribution in [1.29, 1.82) is 0 Å². The van der Waals surface area contributed by atoms with Gasteiger partial charge in [-0.3, -0.25) is 9.59 Å². The van der Waals surface area contributed by atoms with Crippen LogP contribution < -0.4 is 5.32 Å². The molecular weight excluding hydrogens is 368 g/mol. The Hall–Kier alpha value is -2.45. The molecule has 0 atom stereocenters. The Labute approximate surface area is 159 Å². The molecule has 0 saturated heterocycles. The molecule has 2 aromatic heterocycles. The van der Waals surface area contributed by atoms with E-state index in [1.54, 1.807) is 0 Å². The maximum Gasteiger partial charge on any atom is 0.223 e. The fourth-order valence-electron chi connectivity index (χ4n) is 2.69. The molecule has 3 rings (SSSR count). The quantitative estimate of drug-likeness (QED) is 0.395. The Bertz CT molecular complexity index is 948. The highest BCUT2D eigenvalue weighted by molar-refractivity contribution is 8.01. The molecule has 6 nitrogen and oxygen atoms in total. The van der Waals surface area contributed by atoms with E-state index in [-0.39, 0.29) is 17.4 Å². The molecule has 1 amide bonds. The van der Waals surface area contributed by atoms with Crippen LogP contribution in [-0.2, 0) is 4.79 Å². The predicted octanol–water partition coefficient (Wildman–Crippen LogP) is 3.88. The summed E-state index contributed by atoms with van der Waals surface area (Å²) in [6.45, 7) is 5.37. The van der Waals surface area contributed by atoms with Gasteiger partial charge < -0.3 is 9.88 Å². The molecular formula is C18H18N4O2S2. The molecule has 0 aliphatic rings. The molecule has 0 radical (unpaired) electrons. The van der Waals surface area contributed by atoms with Gasteiger partial charge in [0.15, 0.2) is 10.1 Å². The second-order valence-corrected chi connectivity index (χ2v) is 7.92. The molecule has 0 bridgehead atoms. The van der Waals surface area contributed by atoms with Crippen LogP contribution >= 0.6 is 23.1 Å². The number of hydrogen-bond acceptors (Lipinski definition) is 6. The van der Waals surface area contributed by atoms with Crippen molar-refractivity contribution in [3.05, 3.63) is 53.3 Å². The Morgan fingerprint density at radius 2 is 1.92 bits per heavy atom. The molecule has 0 fully saturated rings. The highest BCUT2D eigenvalue weighted by Crippen LogP contribution is 2.27. The van der Waals surface area contributed by atoms with Gasteiger partial charge in [0.05, 0.1) is 5.75 Å². The summed E-state index contributed by atoms with van der Waals surface area (Å²) in [6.07, 6.45) is 0. The highest BCUT2D eigenvalue weighted by atomic mass is 32.2. The van der Waals surface area contributed by atoms with Crippen molar-refractivity contribution < 1.29 is 9.59 Å². The topological polar surface area (TPSA) is 76.9 Å². The second-order valence-electron chi connectivity index (χ2n) is 5.72. The third kappa shape index (κ3) is 4.03. The summed E-state index contributed by atoms with van der Waals surface area (Å²) < 4.78 is 2.73. The summed E-state index contributed by atoms with van der Waals surface area (Å²) in [5.41, 5.74) is 3.70. The first-order valence-electron chi connectivity index (χ1n) is 7.97. The lowest BCUT2D eigenvalue weighted by atomic mass is 10.2. The molecule has 1 N–H and O–H groups in total. The molecule has 8 heteroatoms. The van der Waals surface area contributed by atoms with E-state index in [9.17, 15) is 9.59 Å². The lowest BCUT2D eigenvalue weighted by Gasteiger charge is -2.09. The van der Waals surface area contributed by atoms with Crippen molar-refractivity contribution in [2.45, 2.75) is 25.1 Å². The van der Waals surface area contributed by atoms with E-state index < -0.39 is 0 Å². The highest BCUT2D eigenvalue weighted by Gasteiger charge is 2.17. The number of benzene rings is 1. The number of nitrogens with zero attached hydrogens (tertiary/aromatic N) is 3. The molecule has 3 aromatic rings. The minimum atomic E-state index is -0.192. The monoisotopic (exact) mass is 386 g/mol. The molecule has 2 heterocycles. The Kier molecular flexibility index (Phi) is 5.53. The number of Topliss-reactive ketones (excluding diaryl/α,β-unsaturated/α-hetero) is 1. The van der Waals surface area contributed by atoms with Crippen molar-refractivity contribution in [1.82, 2.24) is 14.8 Å². The number of carbonyl (C=O) groups excluding carboxylic acids is 2. The van der Waals surface area contributed by atoms with Crippen molar-refractivity contribution >= 4 is 39.9 Å². The molecule has 0 spiro atoms. The number of para-hydroxylation sites is 1. The first-order chi connectivity index (χ1) is 12.5. The fourth-order valence-corrected chi connectivity index (χ4v) is 4.38. The summed E-state index contributed by atoms with van der Waals surface area (Å²) in [7, 11) is 0. The normalized spacial score (nSPS) is 10.7. The standard InChI is InChI=1S/C18H18N4O2S2/c1-11-9-15(12(2)22(11)14-7-5-4-6-8-14)16(24)10-25-18-21-20-17(26-18)19-13(3)23/h4-9H,10H2,1-3H3,(H,19,20,23). The average Bonchev–Trinajstić information content (AvgIpc) is 3.17. The van der Waals surface area contributed by atoms with Gasteiger partial charge in [-0.25, -0.2) is 0 Å². The van der Waals surface area contributed by atoms with Gasteiger partial charge in [0, 0.05) is 29.6 Å². The van der Waals surface area contributed by atoms with E-state index in [1.165, 1.54) is 30.0 Å². The van der Waals surface area contributed by atoms with Crippen molar-refractivity contribution in [2.75, 3.05) is 11.1 Å². The van der Waals surface area contributed by atoms with Crippen LogP contribution in [0.25, 0.3) is 5.69 Å². The summed E-state index contributed by atoms with van der Waals surface area (Å²) in [5.74, 6) is 0.122. The van der Waals surface area contributed by atoms with Crippen LogP contribution in [0.3, 0.4) is 0 Å². The zero-order valence-corrected chi connectivity index (χ0v) is 16.3. The van der Waals surface area contributed by atoms with Crippen LogP contribution in [-0.4, -0.2) is 32.2 Å². The number of aryl methyl sites for hydroxylation is 1. The predicted molar refractivity (Wildman–Crippen MR) is 105 cm³/mol. The molecule has 134 valence electrons. The van der Waals surface area contributed by atoms with Gasteiger partial charge in [-0.1, -0.05) is 41.3 Å². The van der Waals surface area contributed by atoms with Crippen LogP contribution in [0.2, 0.25) is 0 Å². The van der Waals surface area contributed by atoms with E-state index in [2.05, 4.69) is 20.1 Å². The molecule has 0 aliphatic carbocycles. The number of ketones is 1. The van der Waals surface area contributed by atoms with Gasteiger partial charge in [0.25, 0.3) is 0 Å². The van der Waals surface area contributed by atoms with Gasteiger partial charge in [-0.15, -0.1) is 10.2 Å². The van der Waals surface area contributed by atoms with E-state index >= 15 is 0 Å². The number of thioether (sulfide) groups is 1. The summed E-state index contributed by atoms with van der Waals surface area (Å²) in [5, 5.41) is 10.9. The van der Waals surface area contributed by atoms with Gasteiger partial charge in [0.1, 0.15) is 0 Å². The van der Waals surface area contributed by atoms with Crippen LogP contribution in [0.4, 0.5) is 5.13 Å². The smallest absolute Gasteiger partial charge is 0.223 e. The number of aromatic nitrogens is 3. The lowest BCUT2D eigenvalue weighted by molar-refractivity contribution is -0.114. The Balaban J connectivity index is 1.73. The number of amides is 1. The maximum absolute atomic E-state index is 12.7. The van der Waals surface area contributed by atoms with Gasteiger partial charge >= 0.3 is 0 Å². The zero-order chi connectivity index (χ0) is 18.7. The summed E-state index contributed by atoms with van der Waals surface area (Å²) >= 11 is 2.58. The van der Waals surface area contributed by atoms with Gasteiger partial charge in [-0.2, -0.15) is 0 Å². The SMILES string of the molecule is CC(=O)Nc1nnc(SCC(=O)c2cc(C)n(-c3ccccc3)c2C)s1. The van der Waals surface area contributed by atoms with Crippen LogP contribution in [0.15, 0.2) is 40.7 Å². The lowest BCUT2D eigenvalue weighted by Crippen LogP contribution is -2.05. The summed E-state index contributed by atoms with van der Waals surface area (Å²) in [6, 6.07) is 11.9. The number of carbonyl (C=O) groups is 2. The summed E-state index contributed by atoms with van der Waals surface area (Å²) in [4.78, 5) is 23.7. The molecule has 0 unspecified atom stereocenters. The first kappa shape index (κ1) is 18.3. The number of nitrogens with one attached hydrogen (secondary N) is 1. The van der Waals surface area contributed by atoms with Gasteiger partial charge in [-0.05, 0) is 32.0 Å². The third-order valence-electron chi connectivity index (χ3n) is 3.76. The van der Waals surface area contributed by atoms with Crippen LogP contribution in [0.1, 0.15) is 28.7 Å². The third-order valence-corrected chi connectivity index (χ3v) is 5.73. The minimum absolute atomic E-state index is 0.0431. The van der Waals surface area contributed by atoms with E-state index in [4.69, 9.17) is 0 Å². The van der Waals surface area contributed by atoms with Crippen LogP contribution in [0, 0.1) is 13.8 Å². The number of hydrogen-bond donors (Lipinski definition) is 1. The molecule has 0 saturated carbocycles. The molecule has 0 aliphatic heterocycles. The first-order valence-corrected chi connectivity index (χ1v) is 9.77. The van der Waals surface area contributed by atoms with E-state index in [0.717, 1.165) is 17.1 Å². The second kappa shape index (κ2) is 7.84. The minimum Gasteiger partial charge on any atom is -0.318 e. The average molecular weight is 387 g/mol. The van der Waals surface area contributed by atoms with E-state index in [1.807, 2.05) is 50.2 Å². The van der Waals surface area contributed by atoms with Crippen LogP contribution in [0.5, 0.6) is 0 Å². The Morgan fingerprint density at radius 1 is 1.19 bits per heavy atom. The fraction of sp³-hybridized carbons (Fsp3) is 0.222. The maximum atomic E-state index is 12.7. The largest absolute Gasteiger partial charge is 0.318 e. The number of rotatable bonds is 6. The van der Waals surface area contributed by atoms with Crippen molar-refractivity contribution in [2.24, 2.45) is 0 Å². The van der Waals surface area contributed by atoms with E-state index in [0.29, 0.717) is 15.0 Å². The zero-order valence-electron chi connectivity index (χ0n) is 14.6. The van der Waals surface area contributed by atoms with Crippen molar-refractivity contribution in [3.63, 3.8) is 0 Å². The molecule has 1 aromatic carbocycles. The van der Waals surface area contributed by atoms with Gasteiger partial charge in [0.2, 0.25) is 11.0 Å². The Morgan fingerprint density at radius 3 is 2.62 bits per heavy atom. The molecule has 26 heavy (non-hydrogen) atoms. The van der Waals surface area contributed by atoms with Crippen molar-refractivity contribution in [3.8, 4) is 5.69 Å².